The number of aryl methyl sites for hydroxylation is 1. The van der Waals surface area contributed by atoms with Gasteiger partial charge in [0.25, 0.3) is 0 Å². The third-order valence-corrected chi connectivity index (χ3v) is 3.29. The van der Waals surface area contributed by atoms with Crippen molar-refractivity contribution in [2.75, 3.05) is 0 Å². The van der Waals surface area contributed by atoms with Gasteiger partial charge in [0.05, 0.1) is 16.3 Å². The number of nitriles is 1. The summed E-state index contributed by atoms with van der Waals surface area (Å²) in [5.41, 5.74) is 1.63. The van der Waals surface area contributed by atoms with Gasteiger partial charge in [-0.2, -0.15) is 5.26 Å². The van der Waals surface area contributed by atoms with Crippen molar-refractivity contribution in [3.8, 4) is 6.07 Å². The maximum Gasteiger partial charge on any atom is 0.141 e. The first-order valence-corrected chi connectivity index (χ1v) is 5.24. The second kappa shape index (κ2) is 3.39. The molecule has 0 radical (unpaired) electrons. The molecule has 0 amide bonds. The summed E-state index contributed by atoms with van der Waals surface area (Å²) in [6.45, 7) is 2.01. The van der Waals surface area contributed by atoms with Crippen molar-refractivity contribution in [2.24, 2.45) is 0 Å². The van der Waals surface area contributed by atoms with Crippen LogP contribution in [0.2, 0.25) is 0 Å². The molecule has 1 aromatic heterocycles. The highest BCUT2D eigenvalue weighted by atomic mass is 32.1. The predicted octanol–water partition coefficient (Wildman–Crippen LogP) is 3.47. The quantitative estimate of drug-likeness (QED) is 0.699. The standard InChI is InChI=1S/C11H8FNS/c1-2-7-6-14-11-9(12)4-3-8(5-13)10(7)11/h3-4,6H,2H2,1H3. The lowest BCUT2D eigenvalue weighted by Gasteiger charge is -1.97. The fourth-order valence-electron chi connectivity index (χ4n) is 1.53. The summed E-state index contributed by atoms with van der Waals surface area (Å²) < 4.78 is 14.0. The minimum absolute atomic E-state index is 0.233. The molecule has 1 aromatic carbocycles. The van der Waals surface area contributed by atoms with Crippen LogP contribution in [0.1, 0.15) is 18.1 Å². The highest BCUT2D eigenvalue weighted by Gasteiger charge is 2.10. The van der Waals surface area contributed by atoms with Crippen molar-refractivity contribution >= 4 is 21.4 Å². The van der Waals surface area contributed by atoms with Crippen LogP contribution in [-0.4, -0.2) is 0 Å². The average Bonchev–Trinajstić information content (AvgIpc) is 2.63. The topological polar surface area (TPSA) is 23.8 Å². The van der Waals surface area contributed by atoms with E-state index < -0.39 is 0 Å². The molecule has 0 saturated heterocycles. The van der Waals surface area contributed by atoms with Crippen molar-refractivity contribution in [3.05, 3.63) is 34.5 Å². The van der Waals surface area contributed by atoms with E-state index in [1.807, 2.05) is 12.3 Å². The maximum absolute atomic E-state index is 13.4. The molecule has 70 valence electrons. The Morgan fingerprint density at radius 3 is 2.93 bits per heavy atom. The molecule has 1 heterocycles. The minimum Gasteiger partial charge on any atom is -0.205 e. The lowest BCUT2D eigenvalue weighted by Crippen LogP contribution is -1.83. The van der Waals surface area contributed by atoms with E-state index in [2.05, 4.69) is 6.07 Å². The Hall–Kier alpha value is -1.40. The first kappa shape index (κ1) is 9.17. The Balaban J connectivity index is 2.90. The van der Waals surface area contributed by atoms with Crippen LogP contribution in [-0.2, 0) is 6.42 Å². The van der Waals surface area contributed by atoms with E-state index in [1.165, 1.54) is 17.4 Å². The minimum atomic E-state index is -0.233. The van der Waals surface area contributed by atoms with Gasteiger partial charge in [-0.05, 0) is 29.5 Å². The highest BCUT2D eigenvalue weighted by molar-refractivity contribution is 7.17. The summed E-state index contributed by atoms with van der Waals surface area (Å²) in [4.78, 5) is 0. The van der Waals surface area contributed by atoms with Gasteiger partial charge in [0.2, 0.25) is 0 Å². The van der Waals surface area contributed by atoms with Gasteiger partial charge in [0.1, 0.15) is 5.82 Å². The van der Waals surface area contributed by atoms with E-state index in [9.17, 15) is 4.39 Å². The molecule has 0 aliphatic carbocycles. The molecule has 0 aliphatic heterocycles. The van der Waals surface area contributed by atoms with Gasteiger partial charge < -0.3 is 0 Å². The molecule has 3 heteroatoms. The summed E-state index contributed by atoms with van der Waals surface area (Å²) in [5.74, 6) is -0.233. The fraction of sp³-hybridized carbons (Fsp3) is 0.182. The zero-order valence-electron chi connectivity index (χ0n) is 7.67. The van der Waals surface area contributed by atoms with Crippen molar-refractivity contribution in [1.29, 1.82) is 5.26 Å². The number of thiophene rings is 1. The molecular weight excluding hydrogens is 197 g/mol. The van der Waals surface area contributed by atoms with Crippen LogP contribution in [0.25, 0.3) is 10.1 Å². The van der Waals surface area contributed by atoms with Gasteiger partial charge in [-0.1, -0.05) is 6.92 Å². The molecule has 0 bridgehead atoms. The van der Waals surface area contributed by atoms with Gasteiger partial charge in [-0.15, -0.1) is 11.3 Å². The normalized spacial score (nSPS) is 10.4. The van der Waals surface area contributed by atoms with Crippen molar-refractivity contribution in [1.82, 2.24) is 0 Å². The number of hydrogen-bond acceptors (Lipinski definition) is 2. The number of rotatable bonds is 1. The number of hydrogen-bond donors (Lipinski definition) is 0. The first-order chi connectivity index (χ1) is 6.77. The summed E-state index contributed by atoms with van der Waals surface area (Å²) in [5, 5.41) is 11.6. The molecule has 0 atom stereocenters. The van der Waals surface area contributed by atoms with Gasteiger partial charge in [-0.25, -0.2) is 4.39 Å². The van der Waals surface area contributed by atoms with E-state index in [4.69, 9.17) is 5.26 Å². The molecule has 0 spiro atoms. The summed E-state index contributed by atoms with van der Waals surface area (Å²) in [6.07, 6.45) is 0.831. The Morgan fingerprint density at radius 2 is 2.29 bits per heavy atom. The summed E-state index contributed by atoms with van der Waals surface area (Å²) in [6, 6.07) is 5.00. The smallest absolute Gasteiger partial charge is 0.141 e. The Labute approximate surface area is 85.4 Å². The zero-order chi connectivity index (χ0) is 10.1. The molecule has 0 fully saturated rings. The molecule has 2 aromatic rings. The third-order valence-electron chi connectivity index (χ3n) is 2.25. The molecule has 0 N–H and O–H groups in total. The molecule has 14 heavy (non-hydrogen) atoms. The van der Waals surface area contributed by atoms with Crippen LogP contribution < -0.4 is 0 Å². The van der Waals surface area contributed by atoms with Gasteiger partial charge in [0, 0.05) is 5.39 Å². The monoisotopic (exact) mass is 205 g/mol. The Kier molecular flexibility index (Phi) is 2.22. The van der Waals surface area contributed by atoms with Crippen LogP contribution in [0.15, 0.2) is 17.5 Å². The Bertz CT molecular complexity index is 522. The molecule has 0 saturated carbocycles. The first-order valence-electron chi connectivity index (χ1n) is 4.36. The van der Waals surface area contributed by atoms with Gasteiger partial charge in [-0.3, -0.25) is 0 Å². The fourth-order valence-corrected chi connectivity index (χ4v) is 2.62. The van der Waals surface area contributed by atoms with Crippen LogP contribution in [0.3, 0.4) is 0 Å². The average molecular weight is 205 g/mol. The van der Waals surface area contributed by atoms with Gasteiger partial charge >= 0.3 is 0 Å². The molecule has 0 unspecified atom stereocenters. The molecule has 2 rings (SSSR count). The second-order valence-corrected chi connectivity index (χ2v) is 3.91. The van der Waals surface area contributed by atoms with Crippen molar-refractivity contribution in [3.63, 3.8) is 0 Å². The summed E-state index contributed by atoms with van der Waals surface area (Å²) >= 11 is 1.37. The van der Waals surface area contributed by atoms with Crippen molar-refractivity contribution in [2.45, 2.75) is 13.3 Å². The van der Waals surface area contributed by atoms with E-state index in [0.717, 1.165) is 17.4 Å². The maximum atomic E-state index is 13.4. The van der Waals surface area contributed by atoms with Crippen LogP contribution >= 0.6 is 11.3 Å². The lowest BCUT2D eigenvalue weighted by atomic mass is 10.1. The van der Waals surface area contributed by atoms with Crippen LogP contribution in [0.5, 0.6) is 0 Å². The number of nitrogens with zero attached hydrogens (tertiary/aromatic N) is 1. The van der Waals surface area contributed by atoms with Crippen LogP contribution in [0.4, 0.5) is 4.39 Å². The van der Waals surface area contributed by atoms with E-state index >= 15 is 0 Å². The van der Waals surface area contributed by atoms with Crippen molar-refractivity contribution < 1.29 is 4.39 Å². The highest BCUT2D eigenvalue weighted by Crippen LogP contribution is 2.31. The predicted molar refractivity (Wildman–Crippen MR) is 55.9 cm³/mol. The number of benzene rings is 1. The Morgan fingerprint density at radius 1 is 1.50 bits per heavy atom. The SMILES string of the molecule is CCc1csc2c(F)ccc(C#N)c12. The second-order valence-electron chi connectivity index (χ2n) is 3.03. The largest absolute Gasteiger partial charge is 0.205 e. The zero-order valence-corrected chi connectivity index (χ0v) is 8.49. The van der Waals surface area contributed by atoms with Crippen LogP contribution in [0, 0.1) is 17.1 Å². The summed E-state index contributed by atoms with van der Waals surface area (Å²) in [7, 11) is 0. The van der Waals surface area contributed by atoms with E-state index in [0.29, 0.717) is 10.3 Å². The number of fused-ring (bicyclic) bond motifs is 1. The van der Waals surface area contributed by atoms with E-state index in [-0.39, 0.29) is 5.82 Å². The van der Waals surface area contributed by atoms with Gasteiger partial charge in [0.15, 0.2) is 0 Å². The molecule has 0 aliphatic rings. The number of halogens is 1. The third kappa shape index (κ3) is 1.19. The van der Waals surface area contributed by atoms with E-state index in [1.54, 1.807) is 6.07 Å². The lowest BCUT2D eigenvalue weighted by molar-refractivity contribution is 0.641. The molecular formula is C11H8FNS. The molecule has 1 nitrogen and oxygen atoms in total.